The zero-order valence-electron chi connectivity index (χ0n) is 7.59. The van der Waals surface area contributed by atoms with Crippen LogP contribution in [0.5, 0.6) is 0 Å². The first-order valence-electron chi connectivity index (χ1n) is 4.33. The lowest BCUT2D eigenvalue weighted by Gasteiger charge is -2.12. The molecule has 0 aliphatic heterocycles. The van der Waals surface area contributed by atoms with Crippen LogP contribution in [0.15, 0.2) is 15.9 Å². The van der Waals surface area contributed by atoms with Crippen molar-refractivity contribution in [1.29, 1.82) is 0 Å². The van der Waals surface area contributed by atoms with Crippen LogP contribution in [0.4, 0.5) is 0 Å². The van der Waals surface area contributed by atoms with Gasteiger partial charge in [0.05, 0.1) is 6.61 Å². The molecule has 1 rings (SSSR count). The second-order valence-electron chi connectivity index (χ2n) is 2.90. The van der Waals surface area contributed by atoms with Crippen molar-refractivity contribution in [1.82, 2.24) is 5.32 Å². The van der Waals surface area contributed by atoms with Crippen LogP contribution in [0.2, 0.25) is 0 Å². The Balaban J connectivity index is 2.33. The number of halogens is 1. The Hall–Kier alpha value is 0.1000. The van der Waals surface area contributed by atoms with Crippen LogP contribution in [0, 0.1) is 0 Å². The molecular weight excluding hydrogens is 250 g/mol. The Kier molecular flexibility index (Phi) is 4.94. The van der Waals surface area contributed by atoms with E-state index in [2.05, 4.69) is 39.6 Å². The molecule has 1 atom stereocenters. The SMILES string of the molecule is CC[C@@H](CO)NCc1cc(Br)cs1. The van der Waals surface area contributed by atoms with Gasteiger partial charge in [-0.05, 0) is 28.4 Å². The molecule has 74 valence electrons. The van der Waals surface area contributed by atoms with Gasteiger partial charge in [0.1, 0.15) is 0 Å². The Morgan fingerprint density at radius 3 is 2.92 bits per heavy atom. The molecule has 0 bridgehead atoms. The molecule has 0 saturated heterocycles. The van der Waals surface area contributed by atoms with Crippen LogP contribution in [0.25, 0.3) is 0 Å². The van der Waals surface area contributed by atoms with Crippen molar-refractivity contribution in [2.45, 2.75) is 25.9 Å². The minimum atomic E-state index is 0.211. The van der Waals surface area contributed by atoms with Crippen molar-refractivity contribution < 1.29 is 5.11 Å². The fourth-order valence-electron chi connectivity index (χ4n) is 1.03. The van der Waals surface area contributed by atoms with Crippen LogP contribution < -0.4 is 5.32 Å². The monoisotopic (exact) mass is 263 g/mol. The van der Waals surface area contributed by atoms with Crippen molar-refractivity contribution in [3.8, 4) is 0 Å². The minimum absolute atomic E-state index is 0.211. The van der Waals surface area contributed by atoms with E-state index < -0.39 is 0 Å². The minimum Gasteiger partial charge on any atom is -0.395 e. The van der Waals surface area contributed by atoms with E-state index >= 15 is 0 Å². The highest BCUT2D eigenvalue weighted by molar-refractivity contribution is 9.10. The molecule has 1 aromatic rings. The quantitative estimate of drug-likeness (QED) is 0.855. The number of aliphatic hydroxyl groups is 1. The molecule has 2 N–H and O–H groups in total. The molecule has 2 nitrogen and oxygen atoms in total. The predicted octanol–water partition coefficient (Wildman–Crippen LogP) is 2.37. The molecule has 0 spiro atoms. The molecule has 0 unspecified atom stereocenters. The van der Waals surface area contributed by atoms with Crippen LogP contribution in [0.3, 0.4) is 0 Å². The molecule has 0 aliphatic carbocycles. The summed E-state index contributed by atoms with van der Waals surface area (Å²) in [6, 6.07) is 2.32. The van der Waals surface area contributed by atoms with E-state index in [0.717, 1.165) is 17.4 Å². The maximum atomic E-state index is 8.94. The highest BCUT2D eigenvalue weighted by Crippen LogP contribution is 2.19. The summed E-state index contributed by atoms with van der Waals surface area (Å²) >= 11 is 5.13. The third-order valence-corrected chi connectivity index (χ3v) is 3.60. The van der Waals surface area contributed by atoms with E-state index in [1.54, 1.807) is 11.3 Å². The van der Waals surface area contributed by atoms with Gasteiger partial charge >= 0.3 is 0 Å². The molecule has 0 amide bonds. The molecule has 1 aromatic heterocycles. The summed E-state index contributed by atoms with van der Waals surface area (Å²) in [7, 11) is 0. The average Bonchev–Trinajstić information content (AvgIpc) is 2.53. The number of hydrogen-bond acceptors (Lipinski definition) is 3. The first-order valence-corrected chi connectivity index (χ1v) is 6.00. The van der Waals surface area contributed by atoms with Crippen molar-refractivity contribution >= 4 is 27.3 Å². The van der Waals surface area contributed by atoms with Crippen LogP contribution in [-0.4, -0.2) is 17.8 Å². The van der Waals surface area contributed by atoms with Gasteiger partial charge in [0.25, 0.3) is 0 Å². The number of hydrogen-bond donors (Lipinski definition) is 2. The highest BCUT2D eigenvalue weighted by Gasteiger charge is 2.04. The second-order valence-corrected chi connectivity index (χ2v) is 4.81. The number of rotatable bonds is 5. The van der Waals surface area contributed by atoms with Crippen LogP contribution >= 0.6 is 27.3 Å². The van der Waals surface area contributed by atoms with E-state index in [9.17, 15) is 0 Å². The largest absolute Gasteiger partial charge is 0.395 e. The van der Waals surface area contributed by atoms with Crippen molar-refractivity contribution in [2.75, 3.05) is 6.61 Å². The van der Waals surface area contributed by atoms with Gasteiger partial charge in [-0.3, -0.25) is 0 Å². The molecule has 4 heteroatoms. The summed E-state index contributed by atoms with van der Waals surface area (Å²) in [5, 5.41) is 14.3. The van der Waals surface area contributed by atoms with E-state index in [0.29, 0.717) is 0 Å². The summed E-state index contributed by atoms with van der Waals surface area (Å²) in [6.45, 7) is 3.12. The summed E-state index contributed by atoms with van der Waals surface area (Å²) in [4.78, 5) is 1.29. The lowest BCUT2D eigenvalue weighted by molar-refractivity contribution is 0.238. The van der Waals surface area contributed by atoms with Crippen molar-refractivity contribution in [2.24, 2.45) is 0 Å². The fourth-order valence-corrected chi connectivity index (χ4v) is 2.43. The first kappa shape index (κ1) is 11.2. The summed E-state index contributed by atoms with van der Waals surface area (Å²) in [6.07, 6.45) is 0.961. The van der Waals surface area contributed by atoms with E-state index in [1.807, 2.05) is 0 Å². The molecule has 0 aromatic carbocycles. The van der Waals surface area contributed by atoms with Gasteiger partial charge in [-0.1, -0.05) is 6.92 Å². The average molecular weight is 264 g/mol. The maximum Gasteiger partial charge on any atom is 0.0584 e. The Bertz CT molecular complexity index is 248. The van der Waals surface area contributed by atoms with E-state index in [1.165, 1.54) is 4.88 Å². The topological polar surface area (TPSA) is 32.3 Å². The second kappa shape index (κ2) is 5.75. The Morgan fingerprint density at radius 1 is 1.69 bits per heavy atom. The first-order chi connectivity index (χ1) is 6.26. The van der Waals surface area contributed by atoms with Gasteiger partial charge in [0.15, 0.2) is 0 Å². The van der Waals surface area contributed by atoms with Crippen molar-refractivity contribution in [3.05, 3.63) is 20.8 Å². The third kappa shape index (κ3) is 3.77. The zero-order valence-corrected chi connectivity index (χ0v) is 9.99. The third-order valence-electron chi connectivity index (χ3n) is 1.90. The number of aliphatic hydroxyl groups excluding tert-OH is 1. The van der Waals surface area contributed by atoms with Gasteiger partial charge in [0.2, 0.25) is 0 Å². The van der Waals surface area contributed by atoms with Crippen molar-refractivity contribution in [3.63, 3.8) is 0 Å². The highest BCUT2D eigenvalue weighted by atomic mass is 79.9. The molecule has 0 fully saturated rings. The standard InChI is InChI=1S/C9H14BrNOS/c1-2-8(5-12)11-4-9-3-7(10)6-13-9/h3,6,8,11-12H,2,4-5H2,1H3/t8-/m0/s1. The molecule has 0 saturated carbocycles. The van der Waals surface area contributed by atoms with Gasteiger partial charge in [-0.15, -0.1) is 11.3 Å². The fraction of sp³-hybridized carbons (Fsp3) is 0.556. The summed E-state index contributed by atoms with van der Waals surface area (Å²) in [5.41, 5.74) is 0. The summed E-state index contributed by atoms with van der Waals surface area (Å²) in [5.74, 6) is 0. The normalized spacial score (nSPS) is 13.2. The van der Waals surface area contributed by atoms with E-state index in [4.69, 9.17) is 5.11 Å². The summed E-state index contributed by atoms with van der Waals surface area (Å²) < 4.78 is 1.13. The Labute approximate surface area is 91.1 Å². The molecular formula is C9H14BrNOS. The molecule has 0 aliphatic rings. The van der Waals surface area contributed by atoms with Gasteiger partial charge < -0.3 is 10.4 Å². The van der Waals surface area contributed by atoms with Gasteiger partial charge in [0, 0.05) is 27.3 Å². The molecule has 1 heterocycles. The molecule has 13 heavy (non-hydrogen) atoms. The lowest BCUT2D eigenvalue weighted by atomic mass is 10.2. The number of nitrogens with one attached hydrogen (secondary N) is 1. The smallest absolute Gasteiger partial charge is 0.0584 e. The van der Waals surface area contributed by atoms with Gasteiger partial charge in [-0.25, -0.2) is 0 Å². The Morgan fingerprint density at radius 2 is 2.46 bits per heavy atom. The molecule has 0 radical (unpaired) electrons. The zero-order chi connectivity index (χ0) is 9.68. The maximum absolute atomic E-state index is 8.94. The van der Waals surface area contributed by atoms with E-state index in [-0.39, 0.29) is 12.6 Å². The van der Waals surface area contributed by atoms with Crippen LogP contribution in [-0.2, 0) is 6.54 Å². The lowest BCUT2D eigenvalue weighted by Crippen LogP contribution is -2.30. The predicted molar refractivity (Wildman–Crippen MR) is 60.0 cm³/mol. The number of thiophene rings is 1. The van der Waals surface area contributed by atoms with Gasteiger partial charge in [-0.2, -0.15) is 0 Å². The van der Waals surface area contributed by atoms with Crippen LogP contribution in [0.1, 0.15) is 18.2 Å².